The van der Waals surface area contributed by atoms with Gasteiger partial charge < -0.3 is 4.90 Å². The number of carbonyl (C=O) groups is 1. The Morgan fingerprint density at radius 1 is 1.00 bits per heavy atom. The Kier molecular flexibility index (Phi) is 4.98. The number of aliphatic imine (C=N–C) groups is 1. The number of hydrogen-bond donors (Lipinski definition) is 0. The average molecular weight is 333 g/mol. The fraction of sp³-hybridized carbons (Fsp3) is 0.238. The zero-order chi connectivity index (χ0) is 17.8. The second kappa shape index (κ2) is 7.34. The third-order valence-electron chi connectivity index (χ3n) is 4.28. The van der Waals surface area contributed by atoms with E-state index in [0.29, 0.717) is 11.7 Å². The first-order chi connectivity index (χ1) is 12.1. The Balaban J connectivity index is 2.04. The Bertz CT molecular complexity index is 803. The van der Waals surface area contributed by atoms with E-state index in [1.165, 1.54) is 0 Å². The molecule has 0 aromatic heterocycles. The van der Waals surface area contributed by atoms with E-state index in [9.17, 15) is 4.79 Å². The number of rotatable bonds is 4. The van der Waals surface area contributed by atoms with Crippen molar-refractivity contribution in [2.45, 2.75) is 20.8 Å². The summed E-state index contributed by atoms with van der Waals surface area (Å²) in [7, 11) is 0. The van der Waals surface area contributed by atoms with Gasteiger partial charge in [0.1, 0.15) is 5.70 Å². The molecule has 0 atom stereocenters. The fourth-order valence-electron chi connectivity index (χ4n) is 2.86. The molecule has 128 valence electrons. The largest absolute Gasteiger partial charge is 0.342 e. The minimum absolute atomic E-state index is 0.0883. The van der Waals surface area contributed by atoms with E-state index in [-0.39, 0.29) is 5.91 Å². The fourth-order valence-corrected chi connectivity index (χ4v) is 2.86. The van der Waals surface area contributed by atoms with Crippen molar-refractivity contribution in [2.75, 3.05) is 18.0 Å². The molecule has 3 rings (SSSR count). The van der Waals surface area contributed by atoms with Gasteiger partial charge in [-0.15, -0.1) is 0 Å². The molecule has 0 N–H and O–H groups in total. The number of carbonyl (C=O) groups excluding carboxylic acids is 1. The van der Waals surface area contributed by atoms with Crippen molar-refractivity contribution in [3.8, 4) is 0 Å². The molecule has 1 aliphatic heterocycles. The van der Waals surface area contributed by atoms with Gasteiger partial charge >= 0.3 is 0 Å². The molecule has 0 unspecified atom stereocenters. The van der Waals surface area contributed by atoms with E-state index in [4.69, 9.17) is 0 Å². The van der Waals surface area contributed by atoms with Crippen molar-refractivity contribution < 1.29 is 4.79 Å². The Hall–Kier alpha value is -2.88. The minimum Gasteiger partial charge on any atom is -0.342 e. The molecule has 1 heterocycles. The molecular weight excluding hydrogens is 310 g/mol. The molecule has 0 radical (unpaired) electrons. The van der Waals surface area contributed by atoms with Crippen molar-refractivity contribution in [3.63, 3.8) is 0 Å². The van der Waals surface area contributed by atoms with Crippen LogP contribution in [0.5, 0.6) is 0 Å². The van der Waals surface area contributed by atoms with E-state index in [1.807, 2.05) is 67.6 Å². The molecule has 0 aliphatic carbocycles. The zero-order valence-corrected chi connectivity index (χ0v) is 14.9. The summed E-state index contributed by atoms with van der Waals surface area (Å²) in [6.45, 7) is 7.77. The molecule has 4 heteroatoms. The lowest BCUT2D eigenvalue weighted by Crippen LogP contribution is -2.44. The van der Waals surface area contributed by atoms with Crippen LogP contribution in [0.3, 0.4) is 0 Å². The number of aryl methyl sites for hydroxylation is 1. The second-order valence-electron chi connectivity index (χ2n) is 6.00. The van der Waals surface area contributed by atoms with Crippen LogP contribution in [-0.4, -0.2) is 29.9 Å². The van der Waals surface area contributed by atoms with Crippen molar-refractivity contribution in [1.29, 1.82) is 0 Å². The number of hydrogen-bond acceptors (Lipinski definition) is 3. The predicted molar refractivity (Wildman–Crippen MR) is 103 cm³/mol. The first-order valence-electron chi connectivity index (χ1n) is 8.65. The molecular formula is C21H23N3O. The highest BCUT2D eigenvalue weighted by atomic mass is 16.2. The lowest BCUT2D eigenvalue weighted by molar-refractivity contribution is -0.113. The summed E-state index contributed by atoms with van der Waals surface area (Å²) in [5, 5.41) is 0. The highest BCUT2D eigenvalue weighted by Crippen LogP contribution is 2.26. The van der Waals surface area contributed by atoms with E-state index in [2.05, 4.69) is 23.7 Å². The molecule has 0 saturated carbocycles. The van der Waals surface area contributed by atoms with Gasteiger partial charge in [-0.2, -0.15) is 0 Å². The Morgan fingerprint density at radius 2 is 1.64 bits per heavy atom. The molecule has 0 saturated heterocycles. The van der Waals surface area contributed by atoms with E-state index in [1.54, 1.807) is 4.90 Å². The number of anilines is 1. The standard InChI is InChI=1S/C21H23N3O/c1-4-23(5-2)21-22-19(15-17-9-7-6-8-10-17)20(25)24(21)18-13-11-16(3)12-14-18/h6-15H,4-5H2,1-3H3. The summed E-state index contributed by atoms with van der Waals surface area (Å²) < 4.78 is 0. The molecule has 1 aliphatic rings. The van der Waals surface area contributed by atoms with Gasteiger partial charge in [-0.05, 0) is 44.5 Å². The van der Waals surface area contributed by atoms with Crippen LogP contribution >= 0.6 is 0 Å². The smallest absolute Gasteiger partial charge is 0.283 e. The predicted octanol–water partition coefficient (Wildman–Crippen LogP) is 4.08. The lowest BCUT2D eigenvalue weighted by atomic mass is 10.2. The van der Waals surface area contributed by atoms with Crippen LogP contribution in [0.4, 0.5) is 5.69 Å². The average Bonchev–Trinajstić information content (AvgIpc) is 2.94. The van der Waals surface area contributed by atoms with Gasteiger partial charge in [0, 0.05) is 13.1 Å². The maximum absolute atomic E-state index is 13.1. The molecule has 25 heavy (non-hydrogen) atoms. The number of amides is 1. The molecule has 0 bridgehead atoms. The molecule has 2 aromatic carbocycles. The summed E-state index contributed by atoms with van der Waals surface area (Å²) >= 11 is 0. The third-order valence-corrected chi connectivity index (χ3v) is 4.28. The van der Waals surface area contributed by atoms with Crippen LogP contribution < -0.4 is 4.90 Å². The monoisotopic (exact) mass is 333 g/mol. The van der Waals surface area contributed by atoms with Crippen LogP contribution in [-0.2, 0) is 4.79 Å². The maximum atomic E-state index is 13.1. The second-order valence-corrected chi connectivity index (χ2v) is 6.00. The molecule has 4 nitrogen and oxygen atoms in total. The van der Waals surface area contributed by atoms with Crippen LogP contribution in [0.1, 0.15) is 25.0 Å². The van der Waals surface area contributed by atoms with Crippen molar-refractivity contribution in [3.05, 3.63) is 71.4 Å². The van der Waals surface area contributed by atoms with E-state index < -0.39 is 0 Å². The summed E-state index contributed by atoms with van der Waals surface area (Å²) in [6.07, 6.45) is 1.85. The zero-order valence-electron chi connectivity index (χ0n) is 14.9. The lowest BCUT2D eigenvalue weighted by Gasteiger charge is -2.27. The Morgan fingerprint density at radius 3 is 2.24 bits per heavy atom. The van der Waals surface area contributed by atoms with Gasteiger partial charge in [0.25, 0.3) is 5.91 Å². The third kappa shape index (κ3) is 3.48. The highest BCUT2D eigenvalue weighted by Gasteiger charge is 2.34. The normalized spacial score (nSPS) is 15.6. The topological polar surface area (TPSA) is 35.9 Å². The van der Waals surface area contributed by atoms with Gasteiger partial charge in [0.15, 0.2) is 0 Å². The van der Waals surface area contributed by atoms with Gasteiger partial charge in [-0.1, -0.05) is 48.0 Å². The van der Waals surface area contributed by atoms with Gasteiger partial charge in [-0.3, -0.25) is 4.79 Å². The van der Waals surface area contributed by atoms with Crippen molar-refractivity contribution in [2.24, 2.45) is 4.99 Å². The number of nitrogens with zero attached hydrogens (tertiary/aromatic N) is 3. The maximum Gasteiger partial charge on any atom is 0.283 e. The number of benzene rings is 2. The van der Waals surface area contributed by atoms with Gasteiger partial charge in [-0.25, -0.2) is 9.89 Å². The summed E-state index contributed by atoms with van der Waals surface area (Å²) in [5.74, 6) is 0.607. The van der Waals surface area contributed by atoms with Crippen LogP contribution in [0.2, 0.25) is 0 Å². The Labute approximate surface area is 149 Å². The summed E-state index contributed by atoms with van der Waals surface area (Å²) in [5.41, 5.74) is 3.45. The molecule has 0 fully saturated rings. The van der Waals surface area contributed by atoms with Crippen LogP contribution in [0.25, 0.3) is 6.08 Å². The SMILES string of the molecule is CCN(CC)C1=NC(=Cc2ccccc2)C(=O)N1c1ccc(C)cc1. The summed E-state index contributed by atoms with van der Waals surface area (Å²) in [4.78, 5) is 21.5. The van der Waals surface area contributed by atoms with Crippen molar-refractivity contribution >= 4 is 23.6 Å². The van der Waals surface area contributed by atoms with Crippen LogP contribution in [0, 0.1) is 6.92 Å². The summed E-state index contributed by atoms with van der Waals surface area (Å²) in [6, 6.07) is 17.8. The van der Waals surface area contributed by atoms with Crippen LogP contribution in [0.15, 0.2) is 65.3 Å². The first kappa shape index (κ1) is 17.0. The van der Waals surface area contributed by atoms with Gasteiger partial charge in [0.05, 0.1) is 5.69 Å². The number of guanidine groups is 1. The van der Waals surface area contributed by atoms with E-state index in [0.717, 1.165) is 29.9 Å². The molecule has 0 spiro atoms. The first-order valence-corrected chi connectivity index (χ1v) is 8.65. The highest BCUT2D eigenvalue weighted by molar-refractivity contribution is 6.28. The quantitative estimate of drug-likeness (QED) is 0.790. The van der Waals surface area contributed by atoms with Crippen molar-refractivity contribution in [1.82, 2.24) is 4.90 Å². The minimum atomic E-state index is -0.0883. The molecule has 1 amide bonds. The molecule has 2 aromatic rings. The van der Waals surface area contributed by atoms with Gasteiger partial charge in [0.2, 0.25) is 5.96 Å². The van der Waals surface area contributed by atoms with E-state index >= 15 is 0 Å².